The van der Waals surface area contributed by atoms with Crippen LogP contribution in [-0.2, 0) is 20.8 Å². The Morgan fingerprint density at radius 2 is 2.16 bits per heavy atom. The largest absolute Gasteiger partial charge is 0.382 e. The number of thiophene rings is 1. The first-order chi connectivity index (χ1) is 9.33. The first-order valence-electron chi connectivity index (χ1n) is 6.74. The topological polar surface area (TPSA) is 39.7 Å². The van der Waals surface area contributed by atoms with Gasteiger partial charge in [-0.25, -0.2) is 0 Å². The quantitative estimate of drug-likeness (QED) is 0.599. The second-order valence-corrected chi connectivity index (χ2v) is 5.38. The molecule has 0 aliphatic carbocycles. The lowest BCUT2D eigenvalue weighted by atomic mass is 10.3. The summed E-state index contributed by atoms with van der Waals surface area (Å²) in [7, 11) is 1.68. The minimum Gasteiger partial charge on any atom is -0.382 e. The molecule has 1 N–H and O–H groups in total. The molecule has 0 aromatic carbocycles. The number of rotatable bonds is 12. The van der Waals surface area contributed by atoms with Crippen molar-refractivity contribution in [2.24, 2.45) is 0 Å². The van der Waals surface area contributed by atoms with Crippen LogP contribution >= 0.6 is 11.3 Å². The average Bonchev–Trinajstić information content (AvgIpc) is 2.91. The van der Waals surface area contributed by atoms with E-state index < -0.39 is 0 Å². The summed E-state index contributed by atoms with van der Waals surface area (Å²) in [6.07, 6.45) is 1.16. The Labute approximate surface area is 120 Å². The lowest BCUT2D eigenvalue weighted by molar-refractivity contribution is 0.0303. The molecule has 0 spiro atoms. The molecule has 0 bridgehead atoms. The van der Waals surface area contributed by atoms with E-state index in [9.17, 15) is 0 Å². The molecule has 5 heteroatoms. The summed E-state index contributed by atoms with van der Waals surface area (Å²) in [5.41, 5.74) is 0. The Kier molecular flexibility index (Phi) is 9.93. The Balaban J connectivity index is 1.86. The van der Waals surface area contributed by atoms with Crippen molar-refractivity contribution < 1.29 is 14.2 Å². The van der Waals surface area contributed by atoms with Crippen molar-refractivity contribution in [2.45, 2.75) is 26.0 Å². The van der Waals surface area contributed by atoms with E-state index in [2.05, 4.69) is 29.8 Å². The summed E-state index contributed by atoms with van der Waals surface area (Å²) >= 11 is 1.78. The predicted octanol–water partition coefficient (Wildman–Crippen LogP) is 2.30. The van der Waals surface area contributed by atoms with E-state index in [-0.39, 0.29) is 6.10 Å². The summed E-state index contributed by atoms with van der Waals surface area (Å²) < 4.78 is 16.0. The van der Waals surface area contributed by atoms with Crippen LogP contribution in [0.5, 0.6) is 0 Å². The zero-order valence-electron chi connectivity index (χ0n) is 11.9. The maximum atomic E-state index is 5.70. The smallest absolute Gasteiger partial charge is 0.0700 e. The molecule has 0 fully saturated rings. The van der Waals surface area contributed by atoms with Gasteiger partial charge in [-0.3, -0.25) is 0 Å². The minimum absolute atomic E-state index is 0.235. The lowest BCUT2D eigenvalue weighted by Gasteiger charge is -2.13. The SMILES string of the molecule is COCCOCCCOC(C)CNCc1cccs1. The highest BCUT2D eigenvalue weighted by Gasteiger charge is 2.02. The molecule has 1 aromatic rings. The molecule has 0 amide bonds. The van der Waals surface area contributed by atoms with Gasteiger partial charge in [-0.2, -0.15) is 0 Å². The van der Waals surface area contributed by atoms with Crippen LogP contribution in [0, 0.1) is 0 Å². The average molecular weight is 287 g/mol. The van der Waals surface area contributed by atoms with Gasteiger partial charge in [-0.1, -0.05) is 6.07 Å². The molecular formula is C14H25NO3S. The summed E-state index contributed by atoms with van der Waals surface area (Å²) in [5, 5.41) is 5.49. The molecule has 4 nitrogen and oxygen atoms in total. The van der Waals surface area contributed by atoms with Crippen LogP contribution in [0.15, 0.2) is 17.5 Å². The van der Waals surface area contributed by atoms with Gasteiger partial charge in [-0.15, -0.1) is 11.3 Å². The Morgan fingerprint density at radius 3 is 2.89 bits per heavy atom. The van der Waals surface area contributed by atoms with Gasteiger partial charge in [0.1, 0.15) is 0 Å². The molecular weight excluding hydrogens is 262 g/mol. The highest BCUT2D eigenvalue weighted by atomic mass is 32.1. The zero-order valence-corrected chi connectivity index (χ0v) is 12.7. The molecule has 0 saturated heterocycles. The van der Waals surface area contributed by atoms with Crippen LogP contribution in [0.3, 0.4) is 0 Å². The molecule has 1 unspecified atom stereocenters. The number of hydrogen-bond acceptors (Lipinski definition) is 5. The van der Waals surface area contributed by atoms with Crippen LogP contribution < -0.4 is 5.32 Å². The summed E-state index contributed by atoms with van der Waals surface area (Å²) in [5.74, 6) is 0. The van der Waals surface area contributed by atoms with Crippen molar-refractivity contribution in [3.05, 3.63) is 22.4 Å². The minimum atomic E-state index is 0.235. The normalized spacial score (nSPS) is 12.7. The van der Waals surface area contributed by atoms with Gasteiger partial charge in [0.25, 0.3) is 0 Å². The third kappa shape index (κ3) is 9.13. The monoisotopic (exact) mass is 287 g/mol. The van der Waals surface area contributed by atoms with Crippen molar-refractivity contribution in [3.63, 3.8) is 0 Å². The van der Waals surface area contributed by atoms with E-state index in [1.54, 1.807) is 18.4 Å². The van der Waals surface area contributed by atoms with Crippen molar-refractivity contribution in [2.75, 3.05) is 40.1 Å². The molecule has 0 aliphatic rings. The number of ether oxygens (including phenoxy) is 3. The van der Waals surface area contributed by atoms with Gasteiger partial charge in [0, 0.05) is 38.3 Å². The van der Waals surface area contributed by atoms with E-state index in [1.807, 2.05) is 0 Å². The molecule has 110 valence electrons. The van der Waals surface area contributed by atoms with Gasteiger partial charge < -0.3 is 19.5 Å². The van der Waals surface area contributed by atoms with E-state index in [0.29, 0.717) is 13.2 Å². The van der Waals surface area contributed by atoms with Gasteiger partial charge in [0.05, 0.1) is 19.3 Å². The van der Waals surface area contributed by atoms with E-state index in [4.69, 9.17) is 14.2 Å². The van der Waals surface area contributed by atoms with Crippen LogP contribution in [0.25, 0.3) is 0 Å². The number of hydrogen-bond donors (Lipinski definition) is 1. The first kappa shape index (κ1) is 16.6. The first-order valence-corrected chi connectivity index (χ1v) is 7.62. The van der Waals surface area contributed by atoms with Crippen LogP contribution in [0.2, 0.25) is 0 Å². The van der Waals surface area contributed by atoms with Crippen molar-refractivity contribution in [3.8, 4) is 0 Å². The van der Waals surface area contributed by atoms with Gasteiger partial charge in [0.2, 0.25) is 0 Å². The number of nitrogens with one attached hydrogen (secondary N) is 1. The van der Waals surface area contributed by atoms with Crippen LogP contribution in [0.1, 0.15) is 18.2 Å². The highest BCUT2D eigenvalue weighted by Crippen LogP contribution is 2.07. The predicted molar refractivity (Wildman–Crippen MR) is 78.8 cm³/mol. The highest BCUT2D eigenvalue weighted by molar-refractivity contribution is 7.09. The van der Waals surface area contributed by atoms with Crippen LogP contribution in [-0.4, -0.2) is 46.2 Å². The fourth-order valence-corrected chi connectivity index (χ4v) is 2.24. The fourth-order valence-electron chi connectivity index (χ4n) is 1.56. The Morgan fingerprint density at radius 1 is 1.26 bits per heavy atom. The van der Waals surface area contributed by atoms with Crippen molar-refractivity contribution in [1.29, 1.82) is 0 Å². The van der Waals surface area contributed by atoms with Gasteiger partial charge >= 0.3 is 0 Å². The molecule has 0 radical (unpaired) electrons. The van der Waals surface area contributed by atoms with E-state index in [0.717, 1.165) is 32.7 Å². The standard InChI is InChI=1S/C14H25NO3S/c1-13(11-15-12-14-5-3-10-19-14)18-7-4-6-17-9-8-16-2/h3,5,10,13,15H,4,6-9,11-12H2,1-2H3. The second kappa shape index (κ2) is 11.4. The van der Waals surface area contributed by atoms with Crippen LogP contribution in [0.4, 0.5) is 0 Å². The maximum absolute atomic E-state index is 5.70. The lowest BCUT2D eigenvalue weighted by Crippen LogP contribution is -2.26. The number of methoxy groups -OCH3 is 1. The summed E-state index contributed by atoms with van der Waals surface area (Å²) in [4.78, 5) is 1.36. The third-order valence-electron chi connectivity index (χ3n) is 2.58. The molecule has 1 aromatic heterocycles. The van der Waals surface area contributed by atoms with E-state index in [1.165, 1.54) is 4.88 Å². The fraction of sp³-hybridized carbons (Fsp3) is 0.714. The maximum Gasteiger partial charge on any atom is 0.0700 e. The molecule has 0 saturated carbocycles. The summed E-state index contributed by atoms with van der Waals surface area (Å²) in [6, 6.07) is 4.21. The Bertz CT molecular complexity index is 293. The molecule has 19 heavy (non-hydrogen) atoms. The Hall–Kier alpha value is -0.460. The zero-order chi connectivity index (χ0) is 13.8. The van der Waals surface area contributed by atoms with Crippen molar-refractivity contribution in [1.82, 2.24) is 5.32 Å². The third-order valence-corrected chi connectivity index (χ3v) is 3.45. The van der Waals surface area contributed by atoms with Gasteiger partial charge in [-0.05, 0) is 24.8 Å². The van der Waals surface area contributed by atoms with Gasteiger partial charge in [0.15, 0.2) is 0 Å². The van der Waals surface area contributed by atoms with E-state index >= 15 is 0 Å². The molecule has 1 heterocycles. The molecule has 1 atom stereocenters. The summed E-state index contributed by atoms with van der Waals surface area (Å²) in [6.45, 7) is 6.69. The molecule has 0 aliphatic heterocycles. The molecule has 1 rings (SSSR count). The van der Waals surface area contributed by atoms with Crippen molar-refractivity contribution >= 4 is 11.3 Å². The second-order valence-electron chi connectivity index (χ2n) is 4.35.